The molecule has 0 saturated heterocycles. The largest absolute Gasteiger partial charge is 0.334 e. The van der Waals surface area contributed by atoms with Crippen LogP contribution in [0.4, 0.5) is 10.5 Å². The van der Waals surface area contributed by atoms with Crippen molar-refractivity contribution >= 4 is 21.7 Å². The van der Waals surface area contributed by atoms with E-state index in [-0.39, 0.29) is 17.4 Å². The molecule has 0 spiro atoms. The number of nitrogens with one attached hydrogen (secondary N) is 2. The van der Waals surface area contributed by atoms with Gasteiger partial charge in [0.2, 0.25) is 10.0 Å². The number of hydrogen-bond acceptors (Lipinski definition) is 4. The van der Waals surface area contributed by atoms with Gasteiger partial charge < -0.3 is 10.6 Å². The molecule has 2 amide bonds. The maximum Gasteiger partial charge on any atom is 0.319 e. The summed E-state index contributed by atoms with van der Waals surface area (Å²) in [4.78, 5) is 11.5. The highest BCUT2D eigenvalue weighted by Gasteiger charge is 2.09. The number of rotatable bonds is 4. The number of primary sulfonamides is 1. The molecule has 19 heavy (non-hydrogen) atoms. The zero-order valence-corrected chi connectivity index (χ0v) is 11.1. The maximum atomic E-state index is 11.5. The van der Waals surface area contributed by atoms with Crippen LogP contribution in [0.15, 0.2) is 29.2 Å². The number of sulfonamides is 1. The van der Waals surface area contributed by atoms with E-state index in [1.54, 1.807) is 6.92 Å². The molecule has 1 aromatic rings. The number of nitriles is 1. The van der Waals surface area contributed by atoms with Gasteiger partial charge in [-0.1, -0.05) is 0 Å². The first kappa shape index (κ1) is 14.9. The lowest BCUT2D eigenvalue weighted by Crippen LogP contribution is -2.35. The van der Waals surface area contributed by atoms with Crippen LogP contribution >= 0.6 is 0 Å². The van der Waals surface area contributed by atoms with Crippen LogP contribution in [0.5, 0.6) is 0 Å². The second-order valence-electron chi connectivity index (χ2n) is 3.93. The molecule has 7 nitrogen and oxygen atoms in total. The van der Waals surface area contributed by atoms with Crippen molar-refractivity contribution in [3.63, 3.8) is 0 Å². The number of carbonyl (C=O) groups excluding carboxylic acids is 1. The van der Waals surface area contributed by atoms with Crippen LogP contribution < -0.4 is 15.8 Å². The summed E-state index contributed by atoms with van der Waals surface area (Å²) in [6, 6.07) is 6.64. The van der Waals surface area contributed by atoms with Crippen molar-refractivity contribution in [3.05, 3.63) is 24.3 Å². The van der Waals surface area contributed by atoms with Gasteiger partial charge in [-0.05, 0) is 31.2 Å². The molecule has 0 unspecified atom stereocenters. The predicted octanol–water partition coefficient (Wildman–Crippen LogP) is 0.758. The van der Waals surface area contributed by atoms with Crippen LogP contribution in [0.3, 0.4) is 0 Å². The Labute approximate surface area is 111 Å². The van der Waals surface area contributed by atoms with Gasteiger partial charge in [-0.3, -0.25) is 0 Å². The van der Waals surface area contributed by atoms with Crippen LogP contribution in [-0.4, -0.2) is 20.5 Å². The van der Waals surface area contributed by atoms with Crippen LogP contribution in [0.25, 0.3) is 0 Å². The molecule has 0 aromatic heterocycles. The third-order valence-electron chi connectivity index (χ3n) is 2.22. The van der Waals surface area contributed by atoms with E-state index in [1.165, 1.54) is 24.3 Å². The van der Waals surface area contributed by atoms with Crippen molar-refractivity contribution in [2.45, 2.75) is 24.3 Å². The van der Waals surface area contributed by atoms with Crippen molar-refractivity contribution in [2.24, 2.45) is 5.14 Å². The molecule has 0 aliphatic rings. The number of nitrogens with zero attached hydrogens (tertiary/aromatic N) is 1. The SMILES string of the molecule is C[C@H](CC#N)NC(=O)Nc1ccc(S(N)(=O)=O)cc1. The van der Waals surface area contributed by atoms with Crippen LogP contribution in [0.1, 0.15) is 13.3 Å². The lowest BCUT2D eigenvalue weighted by atomic mass is 10.2. The van der Waals surface area contributed by atoms with E-state index in [0.29, 0.717) is 5.69 Å². The Hall–Kier alpha value is -2.11. The Bertz CT molecular complexity index is 589. The van der Waals surface area contributed by atoms with Crippen molar-refractivity contribution in [3.8, 4) is 6.07 Å². The van der Waals surface area contributed by atoms with E-state index in [9.17, 15) is 13.2 Å². The summed E-state index contributed by atoms with van der Waals surface area (Å²) in [6.45, 7) is 1.70. The molecule has 1 atom stereocenters. The van der Waals surface area contributed by atoms with E-state index in [0.717, 1.165) is 0 Å². The fourth-order valence-corrected chi connectivity index (χ4v) is 1.82. The molecule has 0 aliphatic carbocycles. The highest BCUT2D eigenvalue weighted by molar-refractivity contribution is 7.89. The zero-order chi connectivity index (χ0) is 14.5. The van der Waals surface area contributed by atoms with E-state index in [4.69, 9.17) is 10.4 Å². The molecule has 0 bridgehead atoms. The van der Waals surface area contributed by atoms with Crippen LogP contribution in [-0.2, 0) is 10.0 Å². The van der Waals surface area contributed by atoms with Gasteiger partial charge in [0.25, 0.3) is 0 Å². The number of urea groups is 1. The molecule has 0 heterocycles. The standard InChI is InChI=1S/C11H14N4O3S/c1-8(6-7-12)14-11(16)15-9-2-4-10(5-3-9)19(13,17)18/h2-5,8H,6H2,1H3,(H2,13,17,18)(H2,14,15,16)/t8-/m1/s1. The summed E-state index contributed by atoms with van der Waals surface area (Å²) in [5.74, 6) is 0. The van der Waals surface area contributed by atoms with E-state index >= 15 is 0 Å². The van der Waals surface area contributed by atoms with Crippen LogP contribution in [0.2, 0.25) is 0 Å². The summed E-state index contributed by atoms with van der Waals surface area (Å²) in [7, 11) is -3.74. The second-order valence-corrected chi connectivity index (χ2v) is 5.49. The van der Waals surface area contributed by atoms with Crippen molar-refractivity contribution in [1.29, 1.82) is 5.26 Å². The second kappa shape index (κ2) is 6.17. The minimum Gasteiger partial charge on any atom is -0.334 e. The average molecular weight is 282 g/mol. The first-order valence-electron chi connectivity index (χ1n) is 5.40. The molecule has 1 rings (SSSR count). The number of anilines is 1. The van der Waals surface area contributed by atoms with Gasteiger partial charge in [0.1, 0.15) is 0 Å². The summed E-state index contributed by atoms with van der Waals surface area (Å²) in [6.07, 6.45) is 0.206. The fourth-order valence-electron chi connectivity index (χ4n) is 1.31. The third kappa shape index (κ3) is 4.95. The highest BCUT2D eigenvalue weighted by atomic mass is 32.2. The Kier molecular flexibility index (Phi) is 4.86. The molecular weight excluding hydrogens is 268 g/mol. The van der Waals surface area contributed by atoms with Crippen LogP contribution in [0, 0.1) is 11.3 Å². The Balaban J connectivity index is 2.64. The summed E-state index contributed by atoms with van der Waals surface area (Å²) < 4.78 is 22.1. The van der Waals surface area contributed by atoms with Gasteiger partial charge in [0, 0.05) is 11.7 Å². The first-order chi connectivity index (χ1) is 8.82. The van der Waals surface area contributed by atoms with Crippen molar-refractivity contribution < 1.29 is 13.2 Å². The molecule has 0 aliphatic heterocycles. The van der Waals surface area contributed by atoms with Gasteiger partial charge >= 0.3 is 6.03 Å². The molecule has 0 radical (unpaired) electrons. The topological polar surface area (TPSA) is 125 Å². The minimum absolute atomic E-state index is 0.0312. The number of hydrogen-bond donors (Lipinski definition) is 3. The monoisotopic (exact) mass is 282 g/mol. The predicted molar refractivity (Wildman–Crippen MR) is 69.7 cm³/mol. The van der Waals surface area contributed by atoms with Crippen molar-refractivity contribution in [2.75, 3.05) is 5.32 Å². The molecule has 1 aromatic carbocycles. The van der Waals surface area contributed by atoms with Gasteiger partial charge in [-0.15, -0.1) is 0 Å². The molecule has 4 N–H and O–H groups in total. The number of nitrogens with two attached hydrogens (primary N) is 1. The Morgan fingerprint density at radius 3 is 2.47 bits per heavy atom. The zero-order valence-electron chi connectivity index (χ0n) is 10.3. The van der Waals surface area contributed by atoms with Gasteiger partial charge in [0.05, 0.1) is 17.4 Å². The first-order valence-corrected chi connectivity index (χ1v) is 6.95. The van der Waals surface area contributed by atoms with Gasteiger partial charge in [-0.2, -0.15) is 5.26 Å². The van der Waals surface area contributed by atoms with E-state index < -0.39 is 16.1 Å². The maximum absolute atomic E-state index is 11.5. The molecule has 102 valence electrons. The van der Waals surface area contributed by atoms with Gasteiger partial charge in [-0.25, -0.2) is 18.4 Å². The summed E-state index contributed by atoms with van der Waals surface area (Å²) in [5.41, 5.74) is 0.425. The molecular formula is C11H14N4O3S. The Morgan fingerprint density at radius 2 is 2.00 bits per heavy atom. The normalized spacial score (nSPS) is 12.3. The molecule has 8 heteroatoms. The Morgan fingerprint density at radius 1 is 1.42 bits per heavy atom. The smallest absolute Gasteiger partial charge is 0.319 e. The highest BCUT2D eigenvalue weighted by Crippen LogP contribution is 2.12. The van der Waals surface area contributed by atoms with Gasteiger partial charge in [0.15, 0.2) is 0 Å². The summed E-state index contributed by atoms with van der Waals surface area (Å²) in [5, 5.41) is 18.5. The minimum atomic E-state index is -3.74. The lowest BCUT2D eigenvalue weighted by molar-refractivity contribution is 0.249. The molecule has 0 saturated carbocycles. The number of carbonyl (C=O) groups is 1. The average Bonchev–Trinajstić information content (AvgIpc) is 2.28. The number of amides is 2. The van der Waals surface area contributed by atoms with Crippen molar-refractivity contribution in [1.82, 2.24) is 5.32 Å². The van der Waals surface area contributed by atoms with E-state index in [1.807, 2.05) is 6.07 Å². The van der Waals surface area contributed by atoms with E-state index in [2.05, 4.69) is 10.6 Å². The third-order valence-corrected chi connectivity index (χ3v) is 3.14. The quantitative estimate of drug-likeness (QED) is 0.753. The fraction of sp³-hybridized carbons (Fsp3) is 0.273. The molecule has 0 fully saturated rings. The number of benzene rings is 1. The lowest BCUT2D eigenvalue weighted by Gasteiger charge is -2.11. The summed E-state index contributed by atoms with van der Waals surface area (Å²) >= 11 is 0.